The topological polar surface area (TPSA) is 73.0 Å². The number of nitrogens with one attached hydrogen (secondary N) is 1. The zero-order valence-corrected chi connectivity index (χ0v) is 16.4. The summed E-state index contributed by atoms with van der Waals surface area (Å²) in [5, 5.41) is 3.10. The standard InChI is InChI=1S/C18H30N4O3.ClH/c1-2-16(23)22-10-4-3-7-15(22)18(25)20-9-5-6-14(13-20)21-11-8-19-12-17(21)24;/h14-15,19H,2-13H2,1H3;1H. The SMILES string of the molecule is CCC(=O)N1CCCCC1C(=O)N1CCCC(N2CCNCC2=O)C1.Cl. The van der Waals surface area contributed by atoms with Crippen LogP contribution < -0.4 is 5.32 Å². The molecule has 0 aromatic carbocycles. The summed E-state index contributed by atoms with van der Waals surface area (Å²) in [4.78, 5) is 43.1. The third-order valence-electron chi connectivity index (χ3n) is 5.69. The Bertz CT molecular complexity index is 531. The summed E-state index contributed by atoms with van der Waals surface area (Å²) in [6.45, 7) is 5.82. The average Bonchev–Trinajstić information content (AvgIpc) is 2.67. The van der Waals surface area contributed by atoms with Crippen molar-refractivity contribution in [3.8, 4) is 0 Å². The van der Waals surface area contributed by atoms with Gasteiger partial charge in [-0.3, -0.25) is 14.4 Å². The van der Waals surface area contributed by atoms with Crippen LogP contribution in [0.1, 0.15) is 45.4 Å². The predicted octanol–water partition coefficient (Wildman–Crippen LogP) is 0.622. The molecule has 2 unspecified atom stereocenters. The normalized spacial score (nSPS) is 27.1. The van der Waals surface area contributed by atoms with E-state index in [9.17, 15) is 14.4 Å². The van der Waals surface area contributed by atoms with Crippen LogP contribution in [-0.2, 0) is 14.4 Å². The Kier molecular flexibility index (Phi) is 7.70. The summed E-state index contributed by atoms with van der Waals surface area (Å²) in [6.07, 6.45) is 5.06. The number of carbonyl (C=O) groups excluding carboxylic acids is 3. The minimum Gasteiger partial charge on any atom is -0.339 e. The summed E-state index contributed by atoms with van der Waals surface area (Å²) < 4.78 is 0. The highest BCUT2D eigenvalue weighted by atomic mass is 35.5. The Labute approximate surface area is 161 Å². The minimum atomic E-state index is -0.307. The maximum atomic E-state index is 13.1. The van der Waals surface area contributed by atoms with E-state index in [0.717, 1.165) is 51.7 Å². The van der Waals surface area contributed by atoms with Crippen molar-refractivity contribution in [2.75, 3.05) is 39.3 Å². The fraction of sp³-hybridized carbons (Fsp3) is 0.833. The number of hydrogen-bond acceptors (Lipinski definition) is 4. The Morgan fingerprint density at radius 2 is 1.92 bits per heavy atom. The number of hydrogen-bond donors (Lipinski definition) is 1. The van der Waals surface area contributed by atoms with Gasteiger partial charge in [0.05, 0.1) is 6.54 Å². The molecule has 7 nitrogen and oxygen atoms in total. The van der Waals surface area contributed by atoms with Gasteiger partial charge >= 0.3 is 0 Å². The van der Waals surface area contributed by atoms with Crippen molar-refractivity contribution in [3.63, 3.8) is 0 Å². The zero-order chi connectivity index (χ0) is 17.8. The third-order valence-corrected chi connectivity index (χ3v) is 5.69. The Morgan fingerprint density at radius 3 is 2.65 bits per heavy atom. The van der Waals surface area contributed by atoms with Gasteiger partial charge in [0.15, 0.2) is 0 Å². The Morgan fingerprint density at radius 1 is 1.12 bits per heavy atom. The van der Waals surface area contributed by atoms with Gasteiger partial charge in [0.25, 0.3) is 0 Å². The first-order valence-electron chi connectivity index (χ1n) is 9.70. The van der Waals surface area contributed by atoms with E-state index in [-0.39, 0.29) is 42.2 Å². The number of rotatable bonds is 3. The van der Waals surface area contributed by atoms with Crippen LogP contribution >= 0.6 is 12.4 Å². The lowest BCUT2D eigenvalue weighted by Gasteiger charge is -2.43. The maximum Gasteiger partial charge on any atom is 0.245 e. The van der Waals surface area contributed by atoms with Crippen molar-refractivity contribution >= 4 is 30.1 Å². The van der Waals surface area contributed by atoms with Crippen LogP contribution in [0.4, 0.5) is 0 Å². The molecule has 8 heteroatoms. The molecule has 0 radical (unpaired) electrons. The first-order valence-corrected chi connectivity index (χ1v) is 9.70. The highest BCUT2D eigenvalue weighted by molar-refractivity contribution is 5.88. The Balaban J connectivity index is 0.00000243. The molecule has 3 aliphatic rings. The van der Waals surface area contributed by atoms with Crippen molar-refractivity contribution < 1.29 is 14.4 Å². The van der Waals surface area contributed by atoms with Gasteiger partial charge in [-0.15, -0.1) is 12.4 Å². The van der Waals surface area contributed by atoms with Crippen molar-refractivity contribution in [1.29, 1.82) is 0 Å². The van der Waals surface area contributed by atoms with Gasteiger partial charge in [0, 0.05) is 45.2 Å². The van der Waals surface area contributed by atoms with E-state index in [4.69, 9.17) is 0 Å². The van der Waals surface area contributed by atoms with E-state index in [1.165, 1.54) is 0 Å². The van der Waals surface area contributed by atoms with Crippen molar-refractivity contribution in [3.05, 3.63) is 0 Å². The van der Waals surface area contributed by atoms with E-state index in [0.29, 0.717) is 26.1 Å². The average molecular weight is 387 g/mol. The number of piperazine rings is 1. The van der Waals surface area contributed by atoms with E-state index in [1.807, 2.05) is 16.7 Å². The third kappa shape index (κ3) is 4.49. The lowest BCUT2D eigenvalue weighted by atomic mass is 9.97. The number of piperidine rings is 2. The lowest BCUT2D eigenvalue weighted by Crippen LogP contribution is -2.60. The number of amides is 3. The van der Waals surface area contributed by atoms with Gasteiger partial charge < -0.3 is 20.0 Å². The van der Waals surface area contributed by atoms with Gasteiger partial charge in [0.1, 0.15) is 6.04 Å². The molecule has 0 bridgehead atoms. The quantitative estimate of drug-likeness (QED) is 0.771. The second-order valence-corrected chi connectivity index (χ2v) is 7.30. The number of carbonyl (C=O) groups is 3. The molecule has 3 aliphatic heterocycles. The first-order chi connectivity index (χ1) is 12.1. The van der Waals surface area contributed by atoms with E-state index >= 15 is 0 Å². The van der Waals surface area contributed by atoms with E-state index in [2.05, 4.69) is 5.32 Å². The molecule has 0 saturated carbocycles. The van der Waals surface area contributed by atoms with Crippen LogP contribution in [0.15, 0.2) is 0 Å². The summed E-state index contributed by atoms with van der Waals surface area (Å²) in [6, 6.07) is -0.190. The molecule has 0 aliphatic carbocycles. The summed E-state index contributed by atoms with van der Waals surface area (Å²) in [7, 11) is 0. The molecule has 2 atom stereocenters. The molecular formula is C18H31ClN4O3. The van der Waals surface area contributed by atoms with Gasteiger partial charge in [-0.1, -0.05) is 6.92 Å². The summed E-state index contributed by atoms with van der Waals surface area (Å²) >= 11 is 0. The fourth-order valence-electron chi connectivity index (χ4n) is 4.32. The molecule has 1 N–H and O–H groups in total. The molecule has 148 valence electrons. The molecule has 0 aromatic heterocycles. The molecule has 3 saturated heterocycles. The van der Waals surface area contributed by atoms with Crippen LogP contribution in [0.3, 0.4) is 0 Å². The smallest absolute Gasteiger partial charge is 0.245 e. The fourth-order valence-corrected chi connectivity index (χ4v) is 4.32. The van der Waals surface area contributed by atoms with Crippen LogP contribution in [-0.4, -0.2) is 83.8 Å². The molecule has 0 aromatic rings. The Hall–Kier alpha value is -1.34. The van der Waals surface area contributed by atoms with Crippen molar-refractivity contribution in [1.82, 2.24) is 20.0 Å². The predicted molar refractivity (Wildman–Crippen MR) is 101 cm³/mol. The molecule has 3 amide bonds. The maximum absolute atomic E-state index is 13.1. The first kappa shape index (κ1) is 21.0. The highest BCUT2D eigenvalue weighted by Crippen LogP contribution is 2.23. The molecule has 3 fully saturated rings. The number of likely N-dealkylation sites (tertiary alicyclic amines) is 2. The molecule has 3 rings (SSSR count). The van der Waals surface area contributed by atoms with Crippen molar-refractivity contribution in [2.45, 2.75) is 57.5 Å². The summed E-state index contributed by atoms with van der Waals surface area (Å²) in [5.41, 5.74) is 0. The number of nitrogens with zero attached hydrogens (tertiary/aromatic N) is 3. The number of halogens is 1. The lowest BCUT2D eigenvalue weighted by molar-refractivity contribution is -0.150. The molecule has 3 heterocycles. The van der Waals surface area contributed by atoms with Crippen LogP contribution in [0.25, 0.3) is 0 Å². The molecule has 0 spiro atoms. The van der Waals surface area contributed by atoms with Crippen molar-refractivity contribution in [2.24, 2.45) is 0 Å². The largest absolute Gasteiger partial charge is 0.339 e. The van der Waals surface area contributed by atoms with Crippen LogP contribution in [0.5, 0.6) is 0 Å². The zero-order valence-electron chi connectivity index (χ0n) is 15.6. The summed E-state index contributed by atoms with van der Waals surface area (Å²) in [5.74, 6) is 0.281. The van der Waals surface area contributed by atoms with E-state index in [1.54, 1.807) is 4.90 Å². The van der Waals surface area contributed by atoms with Gasteiger partial charge in [-0.2, -0.15) is 0 Å². The molecule has 26 heavy (non-hydrogen) atoms. The van der Waals surface area contributed by atoms with Gasteiger partial charge in [0.2, 0.25) is 17.7 Å². The van der Waals surface area contributed by atoms with Gasteiger partial charge in [-0.25, -0.2) is 0 Å². The van der Waals surface area contributed by atoms with Crippen LogP contribution in [0, 0.1) is 0 Å². The second kappa shape index (κ2) is 9.55. The van der Waals surface area contributed by atoms with E-state index < -0.39 is 0 Å². The monoisotopic (exact) mass is 386 g/mol. The second-order valence-electron chi connectivity index (χ2n) is 7.30. The minimum absolute atomic E-state index is 0. The van der Waals surface area contributed by atoms with Gasteiger partial charge in [-0.05, 0) is 32.1 Å². The highest BCUT2D eigenvalue weighted by Gasteiger charge is 2.37. The molecular weight excluding hydrogens is 356 g/mol. The van der Waals surface area contributed by atoms with Crippen LogP contribution in [0.2, 0.25) is 0 Å².